The van der Waals surface area contributed by atoms with E-state index >= 15 is 0 Å². The van der Waals surface area contributed by atoms with Crippen LogP contribution in [0, 0.1) is 0 Å². The third-order valence-corrected chi connectivity index (χ3v) is 4.70. The molecule has 158 valence electrons. The Morgan fingerprint density at radius 1 is 0.968 bits per heavy atom. The van der Waals surface area contributed by atoms with Gasteiger partial charge in [-0.15, -0.1) is 0 Å². The van der Waals surface area contributed by atoms with Gasteiger partial charge in [-0.05, 0) is 66.4 Å². The van der Waals surface area contributed by atoms with Crippen molar-refractivity contribution in [3.8, 4) is 0 Å². The fraction of sp³-hybridized carbons (Fsp3) is 0.125. The number of hydrogen-bond acceptors (Lipinski definition) is 3. The van der Waals surface area contributed by atoms with Gasteiger partial charge in [-0.3, -0.25) is 9.78 Å². The van der Waals surface area contributed by atoms with Crippen LogP contribution in [0.25, 0.3) is 5.57 Å². The maximum absolute atomic E-state index is 12.4. The molecule has 31 heavy (non-hydrogen) atoms. The monoisotopic (exact) mass is 435 g/mol. The molecular weight excluding hydrogens is 414 g/mol. The Hall–Kier alpha value is -3.64. The van der Waals surface area contributed by atoms with E-state index in [-0.39, 0.29) is 12.5 Å². The van der Waals surface area contributed by atoms with Gasteiger partial charge < -0.3 is 15.7 Å². The van der Waals surface area contributed by atoms with Crippen molar-refractivity contribution in [2.75, 3.05) is 10.6 Å². The lowest BCUT2D eigenvalue weighted by Crippen LogP contribution is -2.19. The third-order valence-electron chi connectivity index (χ3n) is 4.45. The van der Waals surface area contributed by atoms with Crippen LogP contribution >= 0.6 is 11.6 Å². The summed E-state index contributed by atoms with van der Waals surface area (Å²) in [6.07, 6.45) is 6.74. The van der Waals surface area contributed by atoms with Crippen molar-refractivity contribution in [2.45, 2.75) is 19.3 Å². The second-order valence-electron chi connectivity index (χ2n) is 6.81. The molecule has 7 heteroatoms. The van der Waals surface area contributed by atoms with Crippen LogP contribution in [0.2, 0.25) is 5.02 Å². The first-order valence-electron chi connectivity index (χ1n) is 9.77. The largest absolute Gasteiger partial charge is 0.481 e. The summed E-state index contributed by atoms with van der Waals surface area (Å²) in [5.41, 5.74) is 4.00. The van der Waals surface area contributed by atoms with Crippen molar-refractivity contribution >= 4 is 40.5 Å². The minimum atomic E-state index is -0.811. The Bertz CT molecular complexity index is 1070. The number of benzene rings is 2. The van der Waals surface area contributed by atoms with Gasteiger partial charge in [0.2, 0.25) is 0 Å². The molecule has 0 aliphatic rings. The highest BCUT2D eigenvalue weighted by Gasteiger charge is 2.08. The van der Waals surface area contributed by atoms with E-state index in [0.29, 0.717) is 29.2 Å². The highest BCUT2D eigenvalue weighted by molar-refractivity contribution is 6.30. The van der Waals surface area contributed by atoms with Gasteiger partial charge in [0.05, 0.1) is 0 Å². The van der Waals surface area contributed by atoms with Crippen LogP contribution in [0.4, 0.5) is 16.2 Å². The number of unbranched alkanes of at least 4 members (excludes halogenated alkanes) is 1. The van der Waals surface area contributed by atoms with Crippen molar-refractivity contribution in [1.82, 2.24) is 4.98 Å². The molecule has 0 saturated heterocycles. The fourth-order valence-corrected chi connectivity index (χ4v) is 3.14. The molecule has 0 bridgehead atoms. The molecule has 0 radical (unpaired) electrons. The lowest BCUT2D eigenvalue weighted by Gasteiger charge is -2.12. The summed E-state index contributed by atoms with van der Waals surface area (Å²) in [7, 11) is 0. The maximum Gasteiger partial charge on any atom is 0.323 e. The van der Waals surface area contributed by atoms with Crippen LogP contribution in [0.3, 0.4) is 0 Å². The molecule has 2 amide bonds. The Balaban J connectivity index is 1.76. The lowest BCUT2D eigenvalue weighted by atomic mass is 9.97. The number of carboxylic acids is 1. The number of nitrogens with zero attached hydrogens (tertiary/aromatic N) is 1. The molecule has 0 fully saturated rings. The van der Waals surface area contributed by atoms with Crippen LogP contribution in [0.15, 0.2) is 79.1 Å². The Kier molecular flexibility index (Phi) is 7.79. The number of nitrogens with one attached hydrogen (secondary N) is 2. The lowest BCUT2D eigenvalue weighted by molar-refractivity contribution is -0.137. The zero-order chi connectivity index (χ0) is 22.1. The summed E-state index contributed by atoms with van der Waals surface area (Å²) in [4.78, 5) is 27.3. The second-order valence-corrected chi connectivity index (χ2v) is 7.25. The highest BCUT2D eigenvalue weighted by Crippen LogP contribution is 2.26. The van der Waals surface area contributed by atoms with Gasteiger partial charge in [-0.2, -0.15) is 0 Å². The Morgan fingerprint density at radius 2 is 1.71 bits per heavy atom. The molecular formula is C24H22ClN3O3. The van der Waals surface area contributed by atoms with Crippen LogP contribution in [-0.2, 0) is 4.79 Å². The summed E-state index contributed by atoms with van der Waals surface area (Å²) in [6, 6.07) is 17.7. The number of urea groups is 1. The topological polar surface area (TPSA) is 91.3 Å². The molecule has 0 atom stereocenters. The first kappa shape index (κ1) is 22.1. The zero-order valence-electron chi connectivity index (χ0n) is 16.7. The number of pyridine rings is 1. The van der Waals surface area contributed by atoms with Gasteiger partial charge in [-0.25, -0.2) is 4.79 Å². The summed E-state index contributed by atoms with van der Waals surface area (Å²) in [5.74, 6) is -0.811. The molecule has 3 aromatic rings. The van der Waals surface area contributed by atoms with E-state index in [0.717, 1.165) is 16.7 Å². The number of allylic oxidation sites excluding steroid dienone is 1. The maximum atomic E-state index is 12.4. The van der Waals surface area contributed by atoms with Gasteiger partial charge in [-0.1, -0.05) is 35.9 Å². The quantitative estimate of drug-likeness (QED) is 0.375. The summed E-state index contributed by atoms with van der Waals surface area (Å²) >= 11 is 5.87. The predicted octanol–water partition coefficient (Wildman–Crippen LogP) is 6.07. The molecule has 0 aliphatic heterocycles. The average Bonchev–Trinajstić information content (AvgIpc) is 2.76. The van der Waals surface area contributed by atoms with Gasteiger partial charge >= 0.3 is 12.0 Å². The number of carbonyl (C=O) groups excluding carboxylic acids is 1. The normalized spacial score (nSPS) is 11.1. The number of hydrogen-bond donors (Lipinski definition) is 3. The van der Waals surface area contributed by atoms with E-state index in [9.17, 15) is 9.59 Å². The van der Waals surface area contributed by atoms with Gasteiger partial charge in [0.1, 0.15) is 0 Å². The van der Waals surface area contributed by atoms with Gasteiger partial charge in [0.15, 0.2) is 0 Å². The van der Waals surface area contributed by atoms with Crippen LogP contribution in [-0.4, -0.2) is 22.1 Å². The molecule has 1 heterocycles. The molecule has 0 spiro atoms. The van der Waals surface area contributed by atoms with Crippen LogP contribution in [0.1, 0.15) is 30.4 Å². The van der Waals surface area contributed by atoms with Gasteiger partial charge in [0, 0.05) is 40.8 Å². The standard InChI is InChI=1S/C24H22ClN3O3/c25-19-10-12-20(13-11-19)27-24(31)28-21-7-3-5-17(15-21)22(8-1-2-9-23(29)30)18-6-4-14-26-16-18/h3-8,10-16H,1-2,9H2,(H,29,30)(H2,27,28,31)/b22-8-. The fourth-order valence-electron chi connectivity index (χ4n) is 3.02. The van der Waals surface area contributed by atoms with Crippen molar-refractivity contribution in [1.29, 1.82) is 0 Å². The molecule has 1 aromatic heterocycles. The number of carboxylic acid groups (broad SMARTS) is 1. The number of halogens is 1. The number of rotatable bonds is 8. The second kappa shape index (κ2) is 10.9. The molecule has 3 rings (SSSR count). The van der Waals surface area contributed by atoms with Crippen LogP contribution in [0.5, 0.6) is 0 Å². The molecule has 0 unspecified atom stereocenters. The van der Waals surface area contributed by atoms with E-state index < -0.39 is 5.97 Å². The molecule has 0 saturated carbocycles. The van der Waals surface area contributed by atoms with E-state index in [4.69, 9.17) is 16.7 Å². The molecule has 6 nitrogen and oxygen atoms in total. The SMILES string of the molecule is O=C(O)CCC/C=C(\c1cccnc1)c1cccc(NC(=O)Nc2ccc(Cl)cc2)c1. The minimum absolute atomic E-state index is 0.114. The van der Waals surface area contributed by atoms with E-state index in [2.05, 4.69) is 15.6 Å². The number of carbonyl (C=O) groups is 2. The van der Waals surface area contributed by atoms with E-state index in [1.165, 1.54) is 0 Å². The summed E-state index contributed by atoms with van der Waals surface area (Å²) < 4.78 is 0. The van der Waals surface area contributed by atoms with E-state index in [1.54, 1.807) is 42.7 Å². The van der Waals surface area contributed by atoms with E-state index in [1.807, 2.05) is 36.4 Å². The van der Waals surface area contributed by atoms with Gasteiger partial charge in [0.25, 0.3) is 0 Å². The molecule has 0 aliphatic carbocycles. The zero-order valence-corrected chi connectivity index (χ0v) is 17.5. The number of aliphatic carboxylic acids is 1. The van der Waals surface area contributed by atoms with Crippen molar-refractivity contribution in [3.05, 3.63) is 95.3 Å². The number of amides is 2. The first-order chi connectivity index (χ1) is 15.0. The molecule has 2 aromatic carbocycles. The van der Waals surface area contributed by atoms with Crippen molar-refractivity contribution in [3.63, 3.8) is 0 Å². The summed E-state index contributed by atoms with van der Waals surface area (Å²) in [6.45, 7) is 0. The highest BCUT2D eigenvalue weighted by atomic mass is 35.5. The molecule has 3 N–H and O–H groups in total. The first-order valence-corrected chi connectivity index (χ1v) is 10.2. The number of anilines is 2. The third kappa shape index (κ3) is 6.97. The predicted molar refractivity (Wildman–Crippen MR) is 123 cm³/mol. The summed E-state index contributed by atoms with van der Waals surface area (Å²) in [5, 5.41) is 15.1. The Morgan fingerprint density at radius 3 is 2.42 bits per heavy atom. The number of aromatic nitrogens is 1. The average molecular weight is 436 g/mol. The van der Waals surface area contributed by atoms with Crippen LogP contribution < -0.4 is 10.6 Å². The van der Waals surface area contributed by atoms with Crippen molar-refractivity contribution in [2.24, 2.45) is 0 Å². The smallest absolute Gasteiger partial charge is 0.323 e. The van der Waals surface area contributed by atoms with Crippen molar-refractivity contribution < 1.29 is 14.7 Å². The minimum Gasteiger partial charge on any atom is -0.481 e. The Labute approximate surface area is 185 Å².